The van der Waals surface area contributed by atoms with Gasteiger partial charge in [0, 0.05) is 25.3 Å². The highest BCUT2D eigenvalue weighted by atomic mass is 32.2. The van der Waals surface area contributed by atoms with Gasteiger partial charge in [-0.15, -0.1) is 0 Å². The molecule has 1 aromatic carbocycles. The number of carbonyl (C=O) groups excluding carboxylic acids is 1. The maximum atomic E-state index is 12.0. The van der Waals surface area contributed by atoms with Crippen molar-refractivity contribution in [3.8, 4) is 0 Å². The fourth-order valence-electron chi connectivity index (χ4n) is 2.35. The molecule has 0 saturated heterocycles. The topological polar surface area (TPSA) is 79.0 Å². The maximum absolute atomic E-state index is 12.0. The highest BCUT2D eigenvalue weighted by Crippen LogP contribution is 2.22. The molecule has 24 heavy (non-hydrogen) atoms. The van der Waals surface area contributed by atoms with E-state index in [4.69, 9.17) is 4.74 Å². The van der Waals surface area contributed by atoms with Crippen molar-refractivity contribution in [1.29, 1.82) is 0 Å². The molecule has 1 rings (SSSR count). The van der Waals surface area contributed by atoms with Crippen LogP contribution in [0.1, 0.15) is 20.8 Å². The molecule has 1 N–H and O–H groups in total. The van der Waals surface area contributed by atoms with Crippen molar-refractivity contribution in [2.75, 3.05) is 48.2 Å². The Labute approximate surface area is 144 Å². The second-order valence-electron chi connectivity index (χ2n) is 5.17. The lowest BCUT2D eigenvalue weighted by Crippen LogP contribution is -2.38. The average molecular weight is 357 g/mol. The van der Waals surface area contributed by atoms with Gasteiger partial charge in [-0.2, -0.15) is 0 Å². The van der Waals surface area contributed by atoms with E-state index in [0.717, 1.165) is 25.0 Å². The van der Waals surface area contributed by atoms with Crippen LogP contribution in [0.4, 0.5) is 16.2 Å². The van der Waals surface area contributed by atoms with Crippen LogP contribution < -0.4 is 14.5 Å². The molecule has 1 amide bonds. The monoisotopic (exact) mass is 357 g/mol. The standard InChI is InChI=1S/C16H27N3O4S/c1-5-18(6-2)14-8-10-15(11-9-14)19(24(4,21)22)13-12-17-16(20)23-7-3/h8-11H,5-7,12-13H2,1-4H3,(H,17,20). The molecule has 8 heteroatoms. The van der Waals surface area contributed by atoms with E-state index in [0.29, 0.717) is 5.69 Å². The van der Waals surface area contributed by atoms with Gasteiger partial charge in [-0.3, -0.25) is 4.31 Å². The molecule has 0 bridgehead atoms. The minimum Gasteiger partial charge on any atom is -0.450 e. The Morgan fingerprint density at radius 2 is 1.62 bits per heavy atom. The Morgan fingerprint density at radius 3 is 2.08 bits per heavy atom. The molecule has 0 aliphatic heterocycles. The van der Waals surface area contributed by atoms with Crippen molar-refractivity contribution in [3.63, 3.8) is 0 Å². The molecule has 1 aromatic rings. The van der Waals surface area contributed by atoms with Crippen LogP contribution in [-0.2, 0) is 14.8 Å². The molecule has 0 saturated carbocycles. The molecule has 0 spiro atoms. The Morgan fingerprint density at radius 1 is 1.08 bits per heavy atom. The van der Waals surface area contributed by atoms with Gasteiger partial charge in [-0.25, -0.2) is 13.2 Å². The second kappa shape index (κ2) is 9.36. The van der Waals surface area contributed by atoms with Gasteiger partial charge in [0.1, 0.15) is 0 Å². The number of nitrogens with zero attached hydrogens (tertiary/aromatic N) is 2. The molecule has 0 unspecified atom stereocenters. The highest BCUT2D eigenvalue weighted by Gasteiger charge is 2.17. The van der Waals surface area contributed by atoms with Gasteiger partial charge in [0.05, 0.1) is 25.1 Å². The van der Waals surface area contributed by atoms with Crippen LogP contribution in [0, 0.1) is 0 Å². The third-order valence-corrected chi connectivity index (χ3v) is 4.72. The minimum absolute atomic E-state index is 0.141. The molecule has 0 atom stereocenters. The van der Waals surface area contributed by atoms with Crippen molar-refractivity contribution in [3.05, 3.63) is 24.3 Å². The molecule has 0 heterocycles. The number of nitrogens with one attached hydrogen (secondary N) is 1. The van der Waals surface area contributed by atoms with Gasteiger partial charge >= 0.3 is 6.09 Å². The fourth-order valence-corrected chi connectivity index (χ4v) is 3.27. The normalized spacial score (nSPS) is 11.0. The lowest BCUT2D eigenvalue weighted by Gasteiger charge is -2.25. The van der Waals surface area contributed by atoms with Crippen LogP contribution in [0.5, 0.6) is 0 Å². The number of amides is 1. The number of alkyl carbamates (subject to hydrolysis) is 1. The summed E-state index contributed by atoms with van der Waals surface area (Å²) < 4.78 is 30.1. The minimum atomic E-state index is -3.44. The van der Waals surface area contributed by atoms with E-state index in [1.165, 1.54) is 4.31 Å². The fraction of sp³-hybridized carbons (Fsp3) is 0.562. The number of hydrogen-bond acceptors (Lipinski definition) is 5. The maximum Gasteiger partial charge on any atom is 0.407 e. The van der Waals surface area contributed by atoms with Gasteiger partial charge in [-0.1, -0.05) is 0 Å². The quantitative estimate of drug-likeness (QED) is 0.732. The first-order valence-corrected chi connectivity index (χ1v) is 9.91. The van der Waals surface area contributed by atoms with E-state index in [1.54, 1.807) is 19.1 Å². The Bertz CT molecular complexity index is 613. The molecular formula is C16H27N3O4S. The van der Waals surface area contributed by atoms with Gasteiger partial charge in [0.25, 0.3) is 0 Å². The summed E-state index contributed by atoms with van der Waals surface area (Å²) in [6.07, 6.45) is 0.596. The van der Waals surface area contributed by atoms with Crippen molar-refractivity contribution >= 4 is 27.5 Å². The summed E-state index contributed by atoms with van der Waals surface area (Å²) in [4.78, 5) is 13.5. The summed E-state index contributed by atoms with van der Waals surface area (Å²) in [6, 6.07) is 7.36. The highest BCUT2D eigenvalue weighted by molar-refractivity contribution is 7.92. The van der Waals surface area contributed by atoms with Crippen LogP contribution >= 0.6 is 0 Å². The Balaban J connectivity index is 2.84. The van der Waals surface area contributed by atoms with Crippen molar-refractivity contribution < 1.29 is 17.9 Å². The predicted octanol–water partition coefficient (Wildman–Crippen LogP) is 2.04. The second-order valence-corrected chi connectivity index (χ2v) is 7.08. The lowest BCUT2D eigenvalue weighted by atomic mass is 10.2. The Hall–Kier alpha value is -1.96. The molecule has 136 valence electrons. The van der Waals surface area contributed by atoms with Crippen LogP contribution in [0.3, 0.4) is 0 Å². The van der Waals surface area contributed by atoms with Gasteiger partial charge in [-0.05, 0) is 45.0 Å². The predicted molar refractivity (Wildman–Crippen MR) is 97.2 cm³/mol. The first-order chi connectivity index (χ1) is 11.3. The lowest BCUT2D eigenvalue weighted by molar-refractivity contribution is 0.152. The largest absolute Gasteiger partial charge is 0.450 e. The van der Waals surface area contributed by atoms with Gasteiger partial charge in [0.15, 0.2) is 0 Å². The summed E-state index contributed by atoms with van der Waals surface area (Å²) in [5.74, 6) is 0. The molecule has 0 aliphatic rings. The molecule has 0 fully saturated rings. The smallest absolute Gasteiger partial charge is 0.407 e. The van der Waals surface area contributed by atoms with Crippen molar-refractivity contribution in [1.82, 2.24) is 5.32 Å². The Kier molecular flexibility index (Phi) is 7.84. The van der Waals surface area contributed by atoms with Crippen molar-refractivity contribution in [2.45, 2.75) is 20.8 Å². The van der Waals surface area contributed by atoms with Gasteiger partial charge in [0.2, 0.25) is 10.0 Å². The van der Waals surface area contributed by atoms with E-state index in [1.807, 2.05) is 12.1 Å². The first-order valence-electron chi connectivity index (χ1n) is 8.06. The molecule has 7 nitrogen and oxygen atoms in total. The van der Waals surface area contributed by atoms with E-state index >= 15 is 0 Å². The molecule has 0 aromatic heterocycles. The van der Waals surface area contributed by atoms with E-state index < -0.39 is 16.1 Å². The number of hydrogen-bond donors (Lipinski definition) is 1. The number of anilines is 2. The summed E-state index contributed by atoms with van der Waals surface area (Å²) in [7, 11) is -3.44. The van der Waals surface area contributed by atoms with Gasteiger partial charge < -0.3 is 15.0 Å². The number of carbonyl (C=O) groups is 1. The summed E-state index contributed by atoms with van der Waals surface area (Å²) >= 11 is 0. The third-order valence-electron chi connectivity index (χ3n) is 3.53. The van der Waals surface area contributed by atoms with E-state index in [2.05, 4.69) is 24.1 Å². The molecular weight excluding hydrogens is 330 g/mol. The summed E-state index contributed by atoms with van der Waals surface area (Å²) in [5, 5.41) is 2.53. The molecule has 0 aliphatic carbocycles. The third kappa shape index (κ3) is 5.92. The zero-order valence-corrected chi connectivity index (χ0v) is 15.6. The van der Waals surface area contributed by atoms with Crippen LogP contribution in [0.2, 0.25) is 0 Å². The average Bonchev–Trinajstić information content (AvgIpc) is 2.53. The van der Waals surface area contributed by atoms with Crippen LogP contribution in [0.25, 0.3) is 0 Å². The zero-order valence-electron chi connectivity index (χ0n) is 14.8. The number of sulfonamides is 1. The van der Waals surface area contributed by atoms with E-state index in [9.17, 15) is 13.2 Å². The van der Waals surface area contributed by atoms with Crippen LogP contribution in [0.15, 0.2) is 24.3 Å². The van der Waals surface area contributed by atoms with Crippen LogP contribution in [-0.4, -0.2) is 53.6 Å². The van der Waals surface area contributed by atoms with E-state index in [-0.39, 0.29) is 19.7 Å². The number of benzene rings is 1. The first kappa shape index (κ1) is 20.1. The summed E-state index contributed by atoms with van der Waals surface area (Å²) in [6.45, 7) is 8.20. The van der Waals surface area contributed by atoms with Crippen molar-refractivity contribution in [2.24, 2.45) is 0 Å². The zero-order chi connectivity index (χ0) is 18.2. The number of ether oxygens (including phenoxy) is 1. The molecule has 0 radical (unpaired) electrons. The summed E-state index contributed by atoms with van der Waals surface area (Å²) in [5.41, 5.74) is 1.61. The SMILES string of the molecule is CCOC(=O)NCCN(c1ccc(N(CC)CC)cc1)S(C)(=O)=O. The number of rotatable bonds is 9.